The zero-order valence-corrected chi connectivity index (χ0v) is 16.0. The third kappa shape index (κ3) is 4.57. The molecular weight excluding hydrogens is 407 g/mol. The third-order valence-electron chi connectivity index (χ3n) is 3.53. The van der Waals surface area contributed by atoms with Crippen molar-refractivity contribution in [2.24, 2.45) is 0 Å². The van der Waals surface area contributed by atoms with Gasteiger partial charge in [-0.25, -0.2) is 13.4 Å². The standard InChI is InChI=1S/C15H16F3N3O4S2/c1-8-12(26-13(19-8)20-9(2)22)27(24,25)21-11-6-4-10(5-7-11)14(3,23)15(16,17)18/h4-7,21,23H,1-3H3,(H,19,20,22). The fraction of sp³-hybridized carbons (Fsp3) is 0.333. The maximum absolute atomic E-state index is 12.9. The molecule has 0 fully saturated rings. The Hall–Kier alpha value is -2.18. The number of sulfonamides is 1. The van der Waals surface area contributed by atoms with E-state index in [4.69, 9.17) is 0 Å². The van der Waals surface area contributed by atoms with Gasteiger partial charge in [-0.1, -0.05) is 23.5 Å². The van der Waals surface area contributed by atoms with Crippen LogP contribution in [-0.4, -0.2) is 30.6 Å². The molecule has 7 nitrogen and oxygen atoms in total. The molecule has 0 saturated heterocycles. The molecule has 0 radical (unpaired) electrons. The lowest BCUT2D eigenvalue weighted by atomic mass is 9.95. The molecule has 1 atom stereocenters. The Bertz CT molecular complexity index is 952. The van der Waals surface area contributed by atoms with Gasteiger partial charge in [-0.15, -0.1) is 0 Å². The number of rotatable bonds is 5. The first-order chi connectivity index (χ1) is 12.2. The maximum Gasteiger partial charge on any atom is 0.421 e. The third-order valence-corrected chi connectivity index (χ3v) is 6.60. The van der Waals surface area contributed by atoms with Crippen molar-refractivity contribution in [2.75, 3.05) is 10.0 Å². The Morgan fingerprint density at radius 3 is 2.26 bits per heavy atom. The normalized spacial score (nSPS) is 14.5. The van der Waals surface area contributed by atoms with E-state index in [2.05, 4.69) is 15.0 Å². The first-order valence-corrected chi connectivity index (χ1v) is 9.71. The van der Waals surface area contributed by atoms with Gasteiger partial charge in [-0.05, 0) is 31.5 Å². The summed E-state index contributed by atoms with van der Waals surface area (Å²) in [6.45, 7) is 3.30. The van der Waals surface area contributed by atoms with Crippen LogP contribution in [0.3, 0.4) is 0 Å². The first kappa shape index (κ1) is 21.1. The number of benzene rings is 1. The highest BCUT2D eigenvalue weighted by atomic mass is 32.2. The number of aryl methyl sites for hydroxylation is 1. The number of carbonyl (C=O) groups is 1. The number of hydrogen-bond donors (Lipinski definition) is 3. The van der Waals surface area contributed by atoms with Crippen molar-refractivity contribution in [3.05, 3.63) is 35.5 Å². The quantitative estimate of drug-likeness (QED) is 0.685. The Morgan fingerprint density at radius 1 is 1.22 bits per heavy atom. The fourth-order valence-electron chi connectivity index (χ4n) is 2.06. The number of aromatic nitrogens is 1. The second-order valence-electron chi connectivity index (χ2n) is 5.83. The highest BCUT2D eigenvalue weighted by molar-refractivity contribution is 7.94. The van der Waals surface area contributed by atoms with Crippen molar-refractivity contribution in [3.8, 4) is 0 Å². The van der Waals surface area contributed by atoms with E-state index in [1.54, 1.807) is 0 Å². The molecule has 1 aromatic carbocycles. The molecule has 1 amide bonds. The minimum atomic E-state index is -4.88. The molecular formula is C15H16F3N3O4S2. The summed E-state index contributed by atoms with van der Waals surface area (Å²) in [7, 11) is -4.07. The molecule has 3 N–H and O–H groups in total. The maximum atomic E-state index is 12.9. The van der Waals surface area contributed by atoms with Gasteiger partial charge in [0.15, 0.2) is 14.9 Å². The van der Waals surface area contributed by atoms with Gasteiger partial charge >= 0.3 is 6.18 Å². The summed E-state index contributed by atoms with van der Waals surface area (Å²) in [6, 6.07) is 4.18. The largest absolute Gasteiger partial charge is 0.421 e. The van der Waals surface area contributed by atoms with E-state index in [1.807, 2.05) is 0 Å². The second-order valence-corrected chi connectivity index (χ2v) is 8.70. The molecule has 1 heterocycles. The summed E-state index contributed by atoms with van der Waals surface area (Å²) in [6.07, 6.45) is -4.88. The van der Waals surface area contributed by atoms with Crippen LogP contribution in [0.4, 0.5) is 24.0 Å². The van der Waals surface area contributed by atoms with Gasteiger partial charge in [0.2, 0.25) is 5.91 Å². The van der Waals surface area contributed by atoms with E-state index < -0.39 is 33.3 Å². The predicted molar refractivity (Wildman–Crippen MR) is 94.0 cm³/mol. The molecule has 0 aliphatic heterocycles. The Morgan fingerprint density at radius 2 is 1.78 bits per heavy atom. The molecule has 0 spiro atoms. The van der Waals surface area contributed by atoms with Crippen molar-refractivity contribution in [1.29, 1.82) is 0 Å². The van der Waals surface area contributed by atoms with Crippen LogP contribution in [0, 0.1) is 6.92 Å². The van der Waals surface area contributed by atoms with Crippen molar-refractivity contribution in [3.63, 3.8) is 0 Å². The lowest BCUT2D eigenvalue weighted by Crippen LogP contribution is -2.39. The fourth-order valence-corrected chi connectivity index (χ4v) is 4.58. The number of amides is 1. The van der Waals surface area contributed by atoms with Crippen LogP contribution in [-0.2, 0) is 20.4 Å². The number of hydrogen-bond acceptors (Lipinski definition) is 6. The van der Waals surface area contributed by atoms with Gasteiger partial charge in [-0.3, -0.25) is 9.52 Å². The summed E-state index contributed by atoms with van der Waals surface area (Å²) in [5, 5.41) is 12.1. The summed E-state index contributed by atoms with van der Waals surface area (Å²) in [4.78, 5) is 15.0. The van der Waals surface area contributed by atoms with Crippen molar-refractivity contribution in [2.45, 2.75) is 36.8 Å². The number of halogens is 3. The number of nitrogens with zero attached hydrogens (tertiary/aromatic N) is 1. The summed E-state index contributed by atoms with van der Waals surface area (Å²) in [5.41, 5.74) is -3.33. The summed E-state index contributed by atoms with van der Waals surface area (Å²) in [5.74, 6) is -0.409. The van der Waals surface area contributed by atoms with Crippen LogP contribution in [0.25, 0.3) is 0 Å². The van der Waals surface area contributed by atoms with Gasteiger partial charge in [0, 0.05) is 12.6 Å². The molecule has 0 saturated carbocycles. The summed E-state index contributed by atoms with van der Waals surface area (Å²) < 4.78 is 65.6. The molecule has 148 valence electrons. The number of anilines is 2. The Kier molecular flexibility index (Phi) is 5.55. The van der Waals surface area contributed by atoms with E-state index in [9.17, 15) is 31.5 Å². The Balaban J connectivity index is 2.26. The molecule has 0 aliphatic rings. The summed E-state index contributed by atoms with van der Waals surface area (Å²) >= 11 is 0.743. The predicted octanol–water partition coefficient (Wildman–Crippen LogP) is 2.98. The molecule has 0 bridgehead atoms. The van der Waals surface area contributed by atoms with Gasteiger partial charge in [-0.2, -0.15) is 13.2 Å². The van der Waals surface area contributed by atoms with E-state index in [-0.39, 0.29) is 20.7 Å². The van der Waals surface area contributed by atoms with Gasteiger partial charge in [0.1, 0.15) is 0 Å². The van der Waals surface area contributed by atoms with E-state index in [0.29, 0.717) is 6.92 Å². The average Bonchev–Trinajstić information content (AvgIpc) is 2.87. The zero-order valence-electron chi connectivity index (χ0n) is 14.4. The lowest BCUT2D eigenvalue weighted by Gasteiger charge is -2.26. The van der Waals surface area contributed by atoms with Crippen LogP contribution < -0.4 is 10.0 Å². The smallest absolute Gasteiger partial charge is 0.376 e. The van der Waals surface area contributed by atoms with Crippen molar-refractivity contribution in [1.82, 2.24) is 4.98 Å². The second kappa shape index (κ2) is 7.09. The number of aliphatic hydroxyl groups is 1. The number of thiazole rings is 1. The molecule has 1 unspecified atom stereocenters. The molecule has 0 aliphatic carbocycles. The number of alkyl halides is 3. The van der Waals surface area contributed by atoms with Crippen LogP contribution >= 0.6 is 11.3 Å². The lowest BCUT2D eigenvalue weighted by molar-refractivity contribution is -0.258. The highest BCUT2D eigenvalue weighted by Crippen LogP contribution is 2.38. The van der Waals surface area contributed by atoms with Gasteiger partial charge in [0.05, 0.1) is 5.69 Å². The molecule has 27 heavy (non-hydrogen) atoms. The monoisotopic (exact) mass is 423 g/mol. The van der Waals surface area contributed by atoms with E-state index in [1.165, 1.54) is 13.8 Å². The van der Waals surface area contributed by atoms with Crippen LogP contribution in [0.5, 0.6) is 0 Å². The molecule has 1 aromatic heterocycles. The first-order valence-electron chi connectivity index (χ1n) is 7.41. The number of nitrogens with one attached hydrogen (secondary N) is 2. The topological polar surface area (TPSA) is 108 Å². The van der Waals surface area contributed by atoms with E-state index >= 15 is 0 Å². The van der Waals surface area contributed by atoms with Crippen molar-refractivity contribution >= 4 is 38.1 Å². The number of carbonyl (C=O) groups excluding carboxylic acids is 1. The zero-order chi connectivity index (χ0) is 20.6. The highest BCUT2D eigenvalue weighted by Gasteiger charge is 2.51. The molecule has 2 aromatic rings. The van der Waals surface area contributed by atoms with Gasteiger partial charge in [0.25, 0.3) is 10.0 Å². The van der Waals surface area contributed by atoms with E-state index in [0.717, 1.165) is 35.6 Å². The minimum Gasteiger partial charge on any atom is -0.376 e. The SMILES string of the molecule is CC(=O)Nc1nc(C)c(S(=O)(=O)Nc2ccc(C(C)(O)C(F)(F)F)cc2)s1. The molecule has 12 heteroatoms. The Labute approximate surface area is 157 Å². The van der Waals surface area contributed by atoms with Crippen molar-refractivity contribution < 1.29 is 31.5 Å². The van der Waals surface area contributed by atoms with Crippen LogP contribution in [0.1, 0.15) is 25.1 Å². The van der Waals surface area contributed by atoms with Crippen LogP contribution in [0.2, 0.25) is 0 Å². The average molecular weight is 423 g/mol. The molecule has 2 rings (SSSR count). The van der Waals surface area contributed by atoms with Gasteiger partial charge < -0.3 is 10.4 Å². The minimum absolute atomic E-state index is 0.00519. The van der Waals surface area contributed by atoms with Crippen LogP contribution in [0.15, 0.2) is 28.5 Å².